The molecule has 1 aliphatic rings. The fraction of sp³-hybridized carbons (Fsp3) is 0.412. The van der Waals surface area contributed by atoms with Crippen molar-refractivity contribution < 1.29 is 9.90 Å². The van der Waals surface area contributed by atoms with Gasteiger partial charge >= 0.3 is 0 Å². The van der Waals surface area contributed by atoms with E-state index in [1.54, 1.807) is 30.3 Å². The highest BCUT2D eigenvalue weighted by molar-refractivity contribution is 5.92. The Bertz CT molecular complexity index is 685. The molecule has 0 unspecified atom stereocenters. The van der Waals surface area contributed by atoms with E-state index in [9.17, 15) is 9.90 Å². The van der Waals surface area contributed by atoms with Crippen molar-refractivity contribution in [2.45, 2.75) is 26.4 Å². The molecule has 3 rings (SSSR count). The third kappa shape index (κ3) is 3.53. The zero-order valence-corrected chi connectivity index (χ0v) is 13.3. The van der Waals surface area contributed by atoms with Gasteiger partial charge in [0, 0.05) is 37.1 Å². The lowest BCUT2D eigenvalue weighted by atomic mass is 9.97. The molecule has 1 saturated heterocycles. The minimum atomic E-state index is -0.517. The molecular formula is C17H20N4O2. The first-order chi connectivity index (χ1) is 11.0. The number of hydrogen-bond acceptors (Lipinski definition) is 5. The largest absolute Gasteiger partial charge is 0.391 e. The Morgan fingerprint density at radius 1 is 1.26 bits per heavy atom. The van der Waals surface area contributed by atoms with E-state index in [-0.39, 0.29) is 11.8 Å². The first-order valence-corrected chi connectivity index (χ1v) is 7.71. The lowest BCUT2D eigenvalue weighted by Crippen LogP contribution is -2.30. The number of aliphatic hydroxyl groups excluding tert-OH is 1. The second kappa shape index (κ2) is 6.42. The predicted octanol–water partition coefficient (Wildman–Crippen LogP) is 1.16. The summed E-state index contributed by atoms with van der Waals surface area (Å²) in [5.41, 5.74) is 2.28. The molecule has 2 atom stereocenters. The topological polar surface area (TPSA) is 79.2 Å². The molecule has 0 saturated carbocycles. The number of carbonyl (C=O) groups excluding carboxylic acids is 1. The number of pyridine rings is 1. The molecule has 2 aromatic heterocycles. The lowest BCUT2D eigenvalue weighted by molar-refractivity contribution is 0.0758. The van der Waals surface area contributed by atoms with E-state index < -0.39 is 6.10 Å². The fourth-order valence-electron chi connectivity index (χ4n) is 3.03. The summed E-state index contributed by atoms with van der Waals surface area (Å²) in [6.07, 6.45) is 3.70. The van der Waals surface area contributed by atoms with E-state index in [1.165, 1.54) is 0 Å². The van der Waals surface area contributed by atoms with Crippen LogP contribution in [0.15, 0.2) is 30.6 Å². The first kappa shape index (κ1) is 15.6. The normalized spacial score (nSPS) is 20.7. The Labute approximate surface area is 135 Å². The van der Waals surface area contributed by atoms with Crippen LogP contribution in [0.1, 0.15) is 27.6 Å². The number of aromatic nitrogens is 3. The number of hydrogen-bond donors (Lipinski definition) is 1. The summed E-state index contributed by atoms with van der Waals surface area (Å²) in [5.74, 6) is 0.474. The Morgan fingerprint density at radius 3 is 2.70 bits per heavy atom. The molecule has 0 radical (unpaired) electrons. The van der Waals surface area contributed by atoms with Gasteiger partial charge in [-0.2, -0.15) is 0 Å². The van der Waals surface area contributed by atoms with Crippen molar-refractivity contribution in [1.29, 1.82) is 0 Å². The highest BCUT2D eigenvalue weighted by atomic mass is 16.3. The van der Waals surface area contributed by atoms with Crippen LogP contribution in [0.2, 0.25) is 0 Å². The molecule has 0 spiro atoms. The van der Waals surface area contributed by atoms with Gasteiger partial charge in [-0.3, -0.25) is 9.78 Å². The number of likely N-dealkylation sites (tertiary alicyclic amines) is 1. The van der Waals surface area contributed by atoms with Crippen LogP contribution in [0, 0.1) is 19.8 Å². The number of aryl methyl sites for hydroxylation is 2. The van der Waals surface area contributed by atoms with Crippen molar-refractivity contribution in [2.24, 2.45) is 5.92 Å². The van der Waals surface area contributed by atoms with Gasteiger partial charge in [0.05, 0.1) is 6.10 Å². The van der Waals surface area contributed by atoms with Crippen LogP contribution >= 0.6 is 0 Å². The summed E-state index contributed by atoms with van der Waals surface area (Å²) >= 11 is 0. The third-order valence-corrected chi connectivity index (χ3v) is 4.13. The SMILES string of the molecule is Cc1cc(C(=O)N2C[C@@H](Cc3ccncc3)[C@H](O)C2)nc(C)n1. The van der Waals surface area contributed by atoms with Crippen molar-refractivity contribution in [3.8, 4) is 0 Å². The molecule has 6 nitrogen and oxygen atoms in total. The average molecular weight is 312 g/mol. The molecule has 0 aliphatic carbocycles. The van der Waals surface area contributed by atoms with E-state index in [4.69, 9.17) is 0 Å². The number of aliphatic hydroxyl groups is 1. The molecule has 23 heavy (non-hydrogen) atoms. The number of rotatable bonds is 3. The quantitative estimate of drug-likeness (QED) is 0.920. The molecule has 2 aromatic rings. The van der Waals surface area contributed by atoms with Crippen molar-refractivity contribution in [1.82, 2.24) is 19.9 Å². The third-order valence-electron chi connectivity index (χ3n) is 4.13. The molecule has 6 heteroatoms. The summed E-state index contributed by atoms with van der Waals surface area (Å²) < 4.78 is 0. The van der Waals surface area contributed by atoms with Crippen LogP contribution in [0.3, 0.4) is 0 Å². The van der Waals surface area contributed by atoms with Gasteiger partial charge in [-0.05, 0) is 44.0 Å². The van der Waals surface area contributed by atoms with Gasteiger partial charge in [-0.25, -0.2) is 9.97 Å². The Morgan fingerprint density at radius 2 is 2.00 bits per heavy atom. The summed E-state index contributed by atoms with van der Waals surface area (Å²) in [7, 11) is 0. The van der Waals surface area contributed by atoms with Crippen LogP contribution in [0.25, 0.3) is 0 Å². The molecule has 1 amide bonds. The summed E-state index contributed by atoms with van der Waals surface area (Å²) in [6.45, 7) is 4.49. The molecule has 0 aromatic carbocycles. The van der Waals surface area contributed by atoms with Crippen LogP contribution in [0.4, 0.5) is 0 Å². The van der Waals surface area contributed by atoms with E-state index in [2.05, 4.69) is 15.0 Å². The van der Waals surface area contributed by atoms with Gasteiger partial charge in [0.15, 0.2) is 0 Å². The van der Waals surface area contributed by atoms with E-state index >= 15 is 0 Å². The summed E-state index contributed by atoms with van der Waals surface area (Å²) in [4.78, 5) is 26.7. The second-order valence-corrected chi connectivity index (χ2v) is 6.04. The highest BCUT2D eigenvalue weighted by Gasteiger charge is 2.34. The second-order valence-electron chi connectivity index (χ2n) is 6.04. The molecule has 120 valence electrons. The smallest absolute Gasteiger partial charge is 0.272 e. The Balaban J connectivity index is 1.71. The van der Waals surface area contributed by atoms with Crippen molar-refractivity contribution in [3.63, 3.8) is 0 Å². The fourth-order valence-corrected chi connectivity index (χ4v) is 3.03. The predicted molar refractivity (Wildman–Crippen MR) is 84.8 cm³/mol. The molecule has 3 heterocycles. The molecule has 1 aliphatic heterocycles. The molecule has 0 bridgehead atoms. The maximum Gasteiger partial charge on any atom is 0.272 e. The maximum absolute atomic E-state index is 12.6. The average Bonchev–Trinajstić information content (AvgIpc) is 2.87. The van der Waals surface area contributed by atoms with Crippen molar-refractivity contribution >= 4 is 5.91 Å². The van der Waals surface area contributed by atoms with Gasteiger partial charge in [0.2, 0.25) is 0 Å². The van der Waals surface area contributed by atoms with Gasteiger partial charge in [0.25, 0.3) is 5.91 Å². The minimum Gasteiger partial charge on any atom is -0.391 e. The van der Waals surface area contributed by atoms with E-state index in [0.717, 1.165) is 17.7 Å². The molecule has 1 N–H and O–H groups in total. The monoisotopic (exact) mass is 312 g/mol. The van der Waals surface area contributed by atoms with E-state index in [0.29, 0.717) is 24.6 Å². The summed E-state index contributed by atoms with van der Waals surface area (Å²) in [6, 6.07) is 5.57. The standard InChI is InChI=1S/C17H20N4O2/c1-11-7-15(20-12(2)19-11)17(23)21-9-14(16(22)10-21)8-13-3-5-18-6-4-13/h3-7,14,16,22H,8-10H2,1-2H3/t14-,16-/m1/s1. The van der Waals surface area contributed by atoms with Gasteiger partial charge in [0.1, 0.15) is 11.5 Å². The Kier molecular flexibility index (Phi) is 4.34. The highest BCUT2D eigenvalue weighted by Crippen LogP contribution is 2.22. The summed E-state index contributed by atoms with van der Waals surface area (Å²) in [5, 5.41) is 10.3. The number of β-amino-alcohol motifs (C(OH)–C–C–N with tert-alkyl or cyclic N) is 1. The van der Waals surface area contributed by atoms with Crippen molar-refractivity contribution in [3.05, 3.63) is 53.4 Å². The molecular weight excluding hydrogens is 292 g/mol. The van der Waals surface area contributed by atoms with Crippen LogP contribution in [0.5, 0.6) is 0 Å². The van der Waals surface area contributed by atoms with Gasteiger partial charge in [-0.15, -0.1) is 0 Å². The lowest BCUT2D eigenvalue weighted by Gasteiger charge is -2.16. The maximum atomic E-state index is 12.6. The van der Waals surface area contributed by atoms with Gasteiger partial charge in [-0.1, -0.05) is 0 Å². The zero-order valence-electron chi connectivity index (χ0n) is 13.3. The Hall–Kier alpha value is -2.34. The van der Waals surface area contributed by atoms with Crippen molar-refractivity contribution in [2.75, 3.05) is 13.1 Å². The van der Waals surface area contributed by atoms with E-state index in [1.807, 2.05) is 19.1 Å². The number of nitrogens with zero attached hydrogens (tertiary/aromatic N) is 4. The van der Waals surface area contributed by atoms with Crippen LogP contribution in [-0.2, 0) is 6.42 Å². The van der Waals surface area contributed by atoms with Gasteiger partial charge < -0.3 is 10.0 Å². The first-order valence-electron chi connectivity index (χ1n) is 7.71. The molecule has 1 fully saturated rings. The number of carbonyl (C=O) groups is 1. The number of amides is 1. The van der Waals surface area contributed by atoms with Crippen LogP contribution in [-0.4, -0.2) is 50.1 Å². The zero-order chi connectivity index (χ0) is 16.4. The minimum absolute atomic E-state index is 0.0328. The van der Waals surface area contributed by atoms with Crippen LogP contribution < -0.4 is 0 Å².